The van der Waals surface area contributed by atoms with Crippen molar-refractivity contribution in [3.05, 3.63) is 34.3 Å². The first-order valence-electron chi connectivity index (χ1n) is 8.33. The molecule has 1 fully saturated rings. The van der Waals surface area contributed by atoms with Crippen LogP contribution in [-0.4, -0.2) is 30.6 Å². The minimum absolute atomic E-state index is 0.457. The average Bonchev–Trinajstić information content (AvgIpc) is 2.45. The average molecular weight is 353 g/mol. The molecule has 0 amide bonds. The van der Waals surface area contributed by atoms with Crippen LogP contribution in [-0.2, 0) is 0 Å². The molecule has 118 valence electrons. The smallest absolute Gasteiger partial charge is 0.0332 e. The van der Waals surface area contributed by atoms with Crippen molar-refractivity contribution < 1.29 is 0 Å². The van der Waals surface area contributed by atoms with Crippen LogP contribution in [0.1, 0.15) is 51.6 Å². The summed E-state index contributed by atoms with van der Waals surface area (Å²) in [6.45, 7) is 10.4. The number of benzene rings is 1. The second-order valence-corrected chi connectivity index (χ2v) is 7.38. The van der Waals surface area contributed by atoms with Gasteiger partial charge in [-0.25, -0.2) is 0 Å². The minimum Gasteiger partial charge on any atom is -0.310 e. The maximum absolute atomic E-state index is 3.64. The van der Waals surface area contributed by atoms with Crippen LogP contribution < -0.4 is 5.32 Å². The Bertz CT molecular complexity index is 435. The Morgan fingerprint density at radius 1 is 1.38 bits per heavy atom. The SMILES string of the molecule is CCNC(CCN1CCC(C)CC1C)c1cccc(Br)c1. The fourth-order valence-electron chi connectivity index (χ4n) is 3.44. The zero-order chi connectivity index (χ0) is 15.2. The normalized spacial score (nSPS) is 25.0. The lowest BCUT2D eigenvalue weighted by atomic mass is 9.93. The maximum Gasteiger partial charge on any atom is 0.0332 e. The minimum atomic E-state index is 0.457. The summed E-state index contributed by atoms with van der Waals surface area (Å²) in [7, 11) is 0. The molecule has 0 aliphatic carbocycles. The van der Waals surface area contributed by atoms with Gasteiger partial charge in [0.1, 0.15) is 0 Å². The van der Waals surface area contributed by atoms with Gasteiger partial charge in [-0.05, 0) is 62.9 Å². The molecular weight excluding hydrogens is 324 g/mol. The highest BCUT2D eigenvalue weighted by molar-refractivity contribution is 9.10. The molecule has 2 nitrogen and oxygen atoms in total. The zero-order valence-electron chi connectivity index (χ0n) is 13.6. The molecule has 21 heavy (non-hydrogen) atoms. The van der Waals surface area contributed by atoms with E-state index in [9.17, 15) is 0 Å². The molecule has 2 rings (SSSR count). The van der Waals surface area contributed by atoms with E-state index in [1.54, 1.807) is 0 Å². The van der Waals surface area contributed by atoms with Crippen molar-refractivity contribution in [2.45, 2.75) is 52.1 Å². The summed E-state index contributed by atoms with van der Waals surface area (Å²) in [6.07, 6.45) is 3.89. The number of nitrogens with one attached hydrogen (secondary N) is 1. The summed E-state index contributed by atoms with van der Waals surface area (Å²) < 4.78 is 1.17. The first kappa shape index (κ1) is 17.0. The number of hydrogen-bond donors (Lipinski definition) is 1. The van der Waals surface area contributed by atoms with Gasteiger partial charge in [0.25, 0.3) is 0 Å². The summed E-state index contributed by atoms with van der Waals surface area (Å²) in [5.41, 5.74) is 1.39. The van der Waals surface area contributed by atoms with E-state index in [1.165, 1.54) is 42.4 Å². The molecule has 0 bridgehead atoms. The third kappa shape index (κ3) is 5.08. The molecular formula is C18H29BrN2. The molecule has 1 aromatic carbocycles. The predicted molar refractivity (Wildman–Crippen MR) is 94.6 cm³/mol. The second-order valence-electron chi connectivity index (χ2n) is 6.47. The van der Waals surface area contributed by atoms with Gasteiger partial charge in [0.05, 0.1) is 0 Å². The molecule has 0 saturated carbocycles. The van der Waals surface area contributed by atoms with E-state index in [1.807, 2.05) is 0 Å². The highest BCUT2D eigenvalue weighted by atomic mass is 79.9. The number of rotatable bonds is 6. The van der Waals surface area contributed by atoms with Gasteiger partial charge in [0.15, 0.2) is 0 Å². The van der Waals surface area contributed by atoms with Crippen LogP contribution in [0, 0.1) is 5.92 Å². The molecule has 3 atom stereocenters. The fourth-order valence-corrected chi connectivity index (χ4v) is 3.86. The van der Waals surface area contributed by atoms with E-state index >= 15 is 0 Å². The van der Waals surface area contributed by atoms with Crippen LogP contribution in [0.15, 0.2) is 28.7 Å². The molecule has 1 aliphatic rings. The Kier molecular flexibility index (Phi) is 6.72. The second kappa shape index (κ2) is 8.30. The number of likely N-dealkylation sites (tertiary alicyclic amines) is 1. The van der Waals surface area contributed by atoms with E-state index in [0.717, 1.165) is 18.5 Å². The summed E-state index contributed by atoms with van der Waals surface area (Å²) in [6, 6.07) is 9.90. The standard InChI is InChI=1S/C18H29BrN2/c1-4-20-18(16-6-5-7-17(19)13-16)9-11-21-10-8-14(2)12-15(21)3/h5-7,13-15,18,20H,4,8-12H2,1-3H3. The molecule has 3 unspecified atom stereocenters. The number of nitrogens with zero attached hydrogens (tertiary/aromatic N) is 1. The summed E-state index contributed by atoms with van der Waals surface area (Å²) in [4.78, 5) is 2.67. The van der Waals surface area contributed by atoms with E-state index in [-0.39, 0.29) is 0 Å². The summed E-state index contributed by atoms with van der Waals surface area (Å²) in [5, 5.41) is 3.64. The summed E-state index contributed by atoms with van der Waals surface area (Å²) >= 11 is 3.59. The monoisotopic (exact) mass is 352 g/mol. The van der Waals surface area contributed by atoms with E-state index in [4.69, 9.17) is 0 Å². The van der Waals surface area contributed by atoms with Gasteiger partial charge in [-0.2, -0.15) is 0 Å². The van der Waals surface area contributed by atoms with Gasteiger partial charge in [0, 0.05) is 23.1 Å². The number of hydrogen-bond acceptors (Lipinski definition) is 2. The largest absolute Gasteiger partial charge is 0.310 e. The predicted octanol–water partition coefficient (Wildman–Crippen LogP) is 4.61. The van der Waals surface area contributed by atoms with Crippen molar-refractivity contribution >= 4 is 15.9 Å². The molecule has 1 saturated heterocycles. The Labute approximate surface area is 138 Å². The topological polar surface area (TPSA) is 15.3 Å². The van der Waals surface area contributed by atoms with E-state index in [2.05, 4.69) is 71.2 Å². The highest BCUT2D eigenvalue weighted by Crippen LogP contribution is 2.25. The van der Waals surface area contributed by atoms with Crippen LogP contribution in [0.25, 0.3) is 0 Å². The lowest BCUT2D eigenvalue weighted by Gasteiger charge is -2.37. The summed E-state index contributed by atoms with van der Waals surface area (Å²) in [5.74, 6) is 0.894. The number of halogens is 1. The van der Waals surface area contributed by atoms with Crippen molar-refractivity contribution in [3.8, 4) is 0 Å². The highest BCUT2D eigenvalue weighted by Gasteiger charge is 2.23. The lowest BCUT2D eigenvalue weighted by Crippen LogP contribution is -2.41. The molecule has 1 aromatic rings. The number of piperidine rings is 1. The molecule has 1 N–H and O–H groups in total. The van der Waals surface area contributed by atoms with Crippen LogP contribution in [0.2, 0.25) is 0 Å². The van der Waals surface area contributed by atoms with Crippen molar-refractivity contribution in [1.29, 1.82) is 0 Å². The van der Waals surface area contributed by atoms with Gasteiger partial charge < -0.3 is 10.2 Å². The van der Waals surface area contributed by atoms with Crippen molar-refractivity contribution in [3.63, 3.8) is 0 Å². The molecule has 1 aliphatic heterocycles. The van der Waals surface area contributed by atoms with Gasteiger partial charge in [-0.1, -0.05) is 41.9 Å². The quantitative estimate of drug-likeness (QED) is 0.803. The van der Waals surface area contributed by atoms with Crippen LogP contribution in [0.4, 0.5) is 0 Å². The van der Waals surface area contributed by atoms with E-state index in [0.29, 0.717) is 6.04 Å². The van der Waals surface area contributed by atoms with Crippen molar-refractivity contribution in [2.24, 2.45) is 5.92 Å². The molecule has 0 aromatic heterocycles. The van der Waals surface area contributed by atoms with Gasteiger partial charge in [-0.15, -0.1) is 0 Å². The van der Waals surface area contributed by atoms with Gasteiger partial charge in [-0.3, -0.25) is 0 Å². The maximum atomic E-state index is 3.64. The van der Waals surface area contributed by atoms with Crippen LogP contribution >= 0.6 is 15.9 Å². The van der Waals surface area contributed by atoms with Crippen molar-refractivity contribution in [2.75, 3.05) is 19.6 Å². The van der Waals surface area contributed by atoms with Crippen molar-refractivity contribution in [1.82, 2.24) is 10.2 Å². The van der Waals surface area contributed by atoms with E-state index < -0.39 is 0 Å². The Morgan fingerprint density at radius 3 is 2.86 bits per heavy atom. The Hall–Kier alpha value is -0.380. The molecule has 0 spiro atoms. The molecule has 0 radical (unpaired) electrons. The van der Waals surface area contributed by atoms with Gasteiger partial charge >= 0.3 is 0 Å². The third-order valence-electron chi connectivity index (χ3n) is 4.68. The molecule has 3 heteroatoms. The Balaban J connectivity index is 1.94. The first-order chi connectivity index (χ1) is 10.1. The fraction of sp³-hybridized carbons (Fsp3) is 0.667. The zero-order valence-corrected chi connectivity index (χ0v) is 15.2. The third-order valence-corrected chi connectivity index (χ3v) is 5.18. The lowest BCUT2D eigenvalue weighted by molar-refractivity contribution is 0.124. The first-order valence-corrected chi connectivity index (χ1v) is 9.12. The molecule has 1 heterocycles. The van der Waals surface area contributed by atoms with Crippen LogP contribution in [0.3, 0.4) is 0 Å². The van der Waals surface area contributed by atoms with Gasteiger partial charge in [0.2, 0.25) is 0 Å². The van der Waals surface area contributed by atoms with Crippen LogP contribution in [0.5, 0.6) is 0 Å². The Morgan fingerprint density at radius 2 is 2.19 bits per heavy atom.